The zero-order chi connectivity index (χ0) is 12.4. The van der Waals surface area contributed by atoms with Crippen LogP contribution in [0.5, 0.6) is 0 Å². The van der Waals surface area contributed by atoms with Gasteiger partial charge in [0.2, 0.25) is 0 Å². The lowest BCUT2D eigenvalue weighted by Gasteiger charge is -2.30. The van der Waals surface area contributed by atoms with Gasteiger partial charge in [0.15, 0.2) is 6.10 Å². The molecule has 2 rings (SSSR count). The molecule has 0 amide bonds. The van der Waals surface area contributed by atoms with Crippen LogP contribution in [0.1, 0.15) is 17.0 Å². The Morgan fingerprint density at radius 2 is 2.35 bits per heavy atom. The van der Waals surface area contributed by atoms with Crippen LogP contribution in [0, 0.1) is 13.8 Å². The molecule has 1 aliphatic heterocycles. The summed E-state index contributed by atoms with van der Waals surface area (Å²) >= 11 is 0. The first-order chi connectivity index (χ1) is 8.08. The Labute approximate surface area is 99.1 Å². The van der Waals surface area contributed by atoms with Gasteiger partial charge >= 0.3 is 5.97 Å². The molecular weight excluding hydrogens is 224 g/mol. The predicted molar refractivity (Wildman–Crippen MR) is 58.6 cm³/mol. The lowest BCUT2D eigenvalue weighted by atomic mass is 10.1. The van der Waals surface area contributed by atoms with Gasteiger partial charge in [0.25, 0.3) is 0 Å². The Bertz CT molecular complexity index is 396. The third kappa shape index (κ3) is 2.65. The maximum Gasteiger partial charge on any atom is 0.334 e. The molecule has 1 fully saturated rings. The van der Waals surface area contributed by atoms with Gasteiger partial charge in [0, 0.05) is 25.2 Å². The molecule has 0 aliphatic carbocycles. The molecule has 17 heavy (non-hydrogen) atoms. The third-order valence-electron chi connectivity index (χ3n) is 2.99. The molecule has 2 heterocycles. The summed E-state index contributed by atoms with van der Waals surface area (Å²) in [6.45, 7) is 5.99. The van der Waals surface area contributed by atoms with Gasteiger partial charge in [-0.2, -0.15) is 0 Å². The van der Waals surface area contributed by atoms with Crippen LogP contribution < -0.4 is 0 Å². The van der Waals surface area contributed by atoms with Crippen LogP contribution in [0.15, 0.2) is 4.52 Å². The van der Waals surface area contributed by atoms with Gasteiger partial charge in [0.1, 0.15) is 5.76 Å². The van der Waals surface area contributed by atoms with E-state index >= 15 is 0 Å². The van der Waals surface area contributed by atoms with Crippen molar-refractivity contribution in [3.8, 4) is 0 Å². The van der Waals surface area contributed by atoms with Crippen molar-refractivity contribution in [2.75, 3.05) is 19.7 Å². The second kappa shape index (κ2) is 4.85. The van der Waals surface area contributed by atoms with E-state index in [-0.39, 0.29) is 0 Å². The quantitative estimate of drug-likeness (QED) is 0.832. The van der Waals surface area contributed by atoms with Crippen LogP contribution in [0.25, 0.3) is 0 Å². The average Bonchev–Trinajstić information content (AvgIpc) is 2.61. The molecule has 6 nitrogen and oxygen atoms in total. The van der Waals surface area contributed by atoms with E-state index in [2.05, 4.69) is 10.1 Å². The highest BCUT2D eigenvalue weighted by Gasteiger charge is 2.27. The largest absolute Gasteiger partial charge is 0.479 e. The fraction of sp³-hybridized carbons (Fsp3) is 0.636. The molecule has 1 N–H and O–H groups in total. The SMILES string of the molecule is Cc1noc(C)c1CN1CCOC(C(=O)O)C1. The molecule has 1 aromatic rings. The van der Waals surface area contributed by atoms with Gasteiger partial charge in [-0.3, -0.25) is 4.90 Å². The number of carboxylic acids is 1. The highest BCUT2D eigenvalue weighted by Crippen LogP contribution is 2.17. The zero-order valence-corrected chi connectivity index (χ0v) is 9.97. The maximum absolute atomic E-state index is 10.9. The van der Waals surface area contributed by atoms with Crippen molar-refractivity contribution in [3.63, 3.8) is 0 Å². The normalized spacial score (nSPS) is 21.6. The van der Waals surface area contributed by atoms with E-state index in [1.165, 1.54) is 0 Å². The van der Waals surface area contributed by atoms with Crippen LogP contribution in [-0.2, 0) is 16.1 Å². The summed E-state index contributed by atoms with van der Waals surface area (Å²) in [4.78, 5) is 12.9. The highest BCUT2D eigenvalue weighted by molar-refractivity contribution is 5.72. The molecule has 1 saturated heterocycles. The maximum atomic E-state index is 10.9. The minimum atomic E-state index is -0.909. The molecule has 0 radical (unpaired) electrons. The summed E-state index contributed by atoms with van der Waals surface area (Å²) in [5.41, 5.74) is 1.90. The number of rotatable bonds is 3. The summed E-state index contributed by atoms with van der Waals surface area (Å²) in [7, 11) is 0. The number of aromatic nitrogens is 1. The minimum absolute atomic E-state index is 0.402. The number of hydrogen-bond donors (Lipinski definition) is 1. The molecule has 94 valence electrons. The molecule has 1 aliphatic rings. The van der Waals surface area contributed by atoms with Crippen molar-refractivity contribution < 1.29 is 19.2 Å². The summed E-state index contributed by atoms with van der Waals surface area (Å²) in [6.07, 6.45) is -0.732. The van der Waals surface area contributed by atoms with Gasteiger partial charge in [-0.1, -0.05) is 5.16 Å². The Morgan fingerprint density at radius 3 is 2.94 bits per heavy atom. The van der Waals surface area contributed by atoms with Crippen LogP contribution in [0.4, 0.5) is 0 Å². The Balaban J connectivity index is 2.02. The van der Waals surface area contributed by atoms with E-state index in [1.54, 1.807) is 0 Å². The minimum Gasteiger partial charge on any atom is -0.479 e. The van der Waals surface area contributed by atoms with Gasteiger partial charge in [-0.25, -0.2) is 4.79 Å². The molecular formula is C11H16N2O4. The second-order valence-corrected chi connectivity index (χ2v) is 4.24. The van der Waals surface area contributed by atoms with Crippen LogP contribution >= 0.6 is 0 Å². The summed E-state index contributed by atoms with van der Waals surface area (Å²) in [6, 6.07) is 0. The first kappa shape index (κ1) is 12.1. The third-order valence-corrected chi connectivity index (χ3v) is 2.99. The fourth-order valence-corrected chi connectivity index (χ4v) is 1.95. The topological polar surface area (TPSA) is 75.8 Å². The van der Waals surface area contributed by atoms with E-state index < -0.39 is 12.1 Å². The van der Waals surface area contributed by atoms with Crippen LogP contribution in [-0.4, -0.2) is 46.9 Å². The summed E-state index contributed by atoms with van der Waals surface area (Å²) < 4.78 is 10.3. The first-order valence-corrected chi connectivity index (χ1v) is 5.56. The summed E-state index contributed by atoms with van der Waals surface area (Å²) in [5, 5.41) is 12.8. The Hall–Kier alpha value is -1.40. The van der Waals surface area contributed by atoms with Crippen molar-refractivity contribution in [2.24, 2.45) is 0 Å². The lowest BCUT2D eigenvalue weighted by Crippen LogP contribution is -2.45. The lowest BCUT2D eigenvalue weighted by molar-refractivity contribution is -0.156. The molecule has 0 saturated carbocycles. The van der Waals surface area contributed by atoms with Crippen LogP contribution in [0.3, 0.4) is 0 Å². The number of aliphatic carboxylic acids is 1. The van der Waals surface area contributed by atoms with Gasteiger partial charge in [-0.05, 0) is 13.8 Å². The van der Waals surface area contributed by atoms with Crippen molar-refractivity contribution >= 4 is 5.97 Å². The molecule has 0 spiro atoms. The van der Waals surface area contributed by atoms with Crippen molar-refractivity contribution in [1.82, 2.24) is 10.1 Å². The molecule has 0 bridgehead atoms. The van der Waals surface area contributed by atoms with Crippen molar-refractivity contribution in [1.29, 1.82) is 0 Å². The highest BCUT2D eigenvalue weighted by atomic mass is 16.5. The number of hydrogen-bond acceptors (Lipinski definition) is 5. The molecule has 1 aromatic heterocycles. The van der Waals surface area contributed by atoms with Gasteiger partial charge in [0.05, 0.1) is 12.3 Å². The number of ether oxygens (including phenoxy) is 1. The zero-order valence-electron chi connectivity index (χ0n) is 9.97. The van der Waals surface area contributed by atoms with E-state index in [0.717, 1.165) is 23.6 Å². The predicted octanol–water partition coefficient (Wildman–Crippen LogP) is 0.577. The van der Waals surface area contributed by atoms with E-state index in [4.69, 9.17) is 14.4 Å². The van der Waals surface area contributed by atoms with Crippen molar-refractivity contribution in [2.45, 2.75) is 26.5 Å². The standard InChI is InChI=1S/C11H16N2O4/c1-7-9(8(2)17-12-7)5-13-3-4-16-10(6-13)11(14)15/h10H,3-6H2,1-2H3,(H,14,15). The smallest absolute Gasteiger partial charge is 0.334 e. The fourth-order valence-electron chi connectivity index (χ4n) is 1.95. The number of morpholine rings is 1. The Morgan fingerprint density at radius 1 is 1.59 bits per heavy atom. The Kier molecular flexibility index (Phi) is 3.44. The van der Waals surface area contributed by atoms with E-state index in [9.17, 15) is 4.79 Å². The average molecular weight is 240 g/mol. The number of carboxylic acid groups (broad SMARTS) is 1. The van der Waals surface area contributed by atoms with E-state index in [0.29, 0.717) is 19.7 Å². The van der Waals surface area contributed by atoms with Gasteiger partial charge < -0.3 is 14.4 Å². The second-order valence-electron chi connectivity index (χ2n) is 4.24. The first-order valence-electron chi connectivity index (χ1n) is 5.56. The molecule has 0 aromatic carbocycles. The molecule has 1 atom stereocenters. The van der Waals surface area contributed by atoms with E-state index in [1.807, 2.05) is 13.8 Å². The number of carbonyl (C=O) groups is 1. The number of nitrogens with zero attached hydrogens (tertiary/aromatic N) is 2. The molecule has 1 unspecified atom stereocenters. The van der Waals surface area contributed by atoms with Gasteiger partial charge in [-0.15, -0.1) is 0 Å². The van der Waals surface area contributed by atoms with Crippen molar-refractivity contribution in [3.05, 3.63) is 17.0 Å². The number of aryl methyl sites for hydroxylation is 2. The molecule has 6 heteroatoms. The van der Waals surface area contributed by atoms with Crippen LogP contribution in [0.2, 0.25) is 0 Å². The monoisotopic (exact) mass is 240 g/mol. The summed E-state index contributed by atoms with van der Waals surface area (Å²) in [5.74, 6) is -0.116.